The SMILES string of the molecule is COc1cc(NC(=O)c2cc3ccccc3o2)ccc1-c1ccc(CO)o1. The number of benzene rings is 2. The van der Waals surface area contributed by atoms with Gasteiger partial charge in [0.05, 0.1) is 12.7 Å². The first-order valence-corrected chi connectivity index (χ1v) is 8.36. The van der Waals surface area contributed by atoms with Crippen LogP contribution in [0.5, 0.6) is 5.75 Å². The van der Waals surface area contributed by atoms with Gasteiger partial charge in [0.2, 0.25) is 0 Å². The molecule has 0 unspecified atom stereocenters. The van der Waals surface area contributed by atoms with Gasteiger partial charge < -0.3 is 24.0 Å². The smallest absolute Gasteiger partial charge is 0.291 e. The van der Waals surface area contributed by atoms with Crippen LogP contribution in [0.4, 0.5) is 5.69 Å². The highest BCUT2D eigenvalue weighted by atomic mass is 16.5. The Hall–Kier alpha value is -3.51. The molecule has 27 heavy (non-hydrogen) atoms. The first-order valence-electron chi connectivity index (χ1n) is 8.36. The van der Waals surface area contributed by atoms with E-state index in [1.165, 1.54) is 0 Å². The molecule has 0 bridgehead atoms. The monoisotopic (exact) mass is 363 g/mol. The lowest BCUT2D eigenvalue weighted by atomic mass is 10.1. The van der Waals surface area contributed by atoms with Crippen molar-refractivity contribution in [3.8, 4) is 17.1 Å². The van der Waals surface area contributed by atoms with Crippen molar-refractivity contribution in [2.45, 2.75) is 6.61 Å². The second-order valence-corrected chi connectivity index (χ2v) is 5.94. The normalized spacial score (nSPS) is 10.9. The quantitative estimate of drug-likeness (QED) is 0.547. The van der Waals surface area contributed by atoms with Crippen LogP contribution in [0, 0.1) is 0 Å². The Balaban J connectivity index is 1.59. The molecule has 0 aliphatic carbocycles. The van der Waals surface area contributed by atoms with Gasteiger partial charge in [-0.1, -0.05) is 18.2 Å². The third-order valence-electron chi connectivity index (χ3n) is 4.19. The van der Waals surface area contributed by atoms with Crippen molar-refractivity contribution < 1.29 is 23.5 Å². The fourth-order valence-electron chi connectivity index (χ4n) is 2.87. The number of fused-ring (bicyclic) bond motifs is 1. The van der Waals surface area contributed by atoms with Gasteiger partial charge in [-0.15, -0.1) is 0 Å². The molecule has 6 heteroatoms. The highest BCUT2D eigenvalue weighted by molar-refractivity contribution is 6.04. The largest absolute Gasteiger partial charge is 0.496 e. The van der Waals surface area contributed by atoms with Crippen LogP contribution in [0.25, 0.3) is 22.3 Å². The molecule has 6 nitrogen and oxygen atoms in total. The maximum Gasteiger partial charge on any atom is 0.291 e. The predicted octanol–water partition coefficient (Wildman–Crippen LogP) is 4.45. The van der Waals surface area contributed by atoms with Crippen molar-refractivity contribution in [1.29, 1.82) is 0 Å². The van der Waals surface area contributed by atoms with Gasteiger partial charge in [-0.05, 0) is 36.4 Å². The van der Waals surface area contributed by atoms with Gasteiger partial charge in [-0.25, -0.2) is 0 Å². The molecule has 0 saturated carbocycles. The van der Waals surface area contributed by atoms with E-state index in [4.69, 9.17) is 18.7 Å². The average Bonchev–Trinajstić information content (AvgIpc) is 3.34. The van der Waals surface area contributed by atoms with Gasteiger partial charge in [-0.2, -0.15) is 0 Å². The number of rotatable bonds is 5. The number of methoxy groups -OCH3 is 1. The molecule has 136 valence electrons. The molecular formula is C21H17NO5. The van der Waals surface area contributed by atoms with Crippen molar-refractivity contribution in [2.75, 3.05) is 12.4 Å². The third kappa shape index (κ3) is 3.30. The number of aliphatic hydroxyl groups excluding tert-OH is 1. The van der Waals surface area contributed by atoms with Gasteiger partial charge in [0.15, 0.2) is 5.76 Å². The lowest BCUT2D eigenvalue weighted by Crippen LogP contribution is -2.10. The van der Waals surface area contributed by atoms with E-state index < -0.39 is 0 Å². The molecule has 2 aromatic heterocycles. The van der Waals surface area contributed by atoms with Gasteiger partial charge >= 0.3 is 0 Å². The zero-order chi connectivity index (χ0) is 18.8. The molecule has 0 atom stereocenters. The number of furan rings is 2. The standard InChI is InChI=1S/C21H17NO5/c1-25-19-11-14(6-8-16(19)18-9-7-15(12-23)26-18)22-21(24)20-10-13-4-2-3-5-17(13)27-20/h2-11,23H,12H2,1H3,(H,22,24). The predicted molar refractivity (Wildman–Crippen MR) is 101 cm³/mol. The Morgan fingerprint density at radius 2 is 1.93 bits per heavy atom. The molecular weight excluding hydrogens is 346 g/mol. The summed E-state index contributed by atoms with van der Waals surface area (Å²) in [6, 6.07) is 17.8. The molecule has 2 N–H and O–H groups in total. The molecule has 4 rings (SSSR count). The highest BCUT2D eigenvalue weighted by Gasteiger charge is 2.15. The Labute approximate surface area is 155 Å². The summed E-state index contributed by atoms with van der Waals surface area (Å²) in [6.07, 6.45) is 0. The summed E-state index contributed by atoms with van der Waals surface area (Å²) in [7, 11) is 1.54. The van der Waals surface area contributed by atoms with Crippen molar-refractivity contribution in [2.24, 2.45) is 0 Å². The molecule has 0 saturated heterocycles. The zero-order valence-corrected chi connectivity index (χ0v) is 14.6. The third-order valence-corrected chi connectivity index (χ3v) is 4.19. The number of amides is 1. The molecule has 4 aromatic rings. The number of carbonyl (C=O) groups excluding carboxylic acids is 1. The topological polar surface area (TPSA) is 84.8 Å². The summed E-state index contributed by atoms with van der Waals surface area (Å²) in [6.45, 7) is -0.173. The molecule has 0 fully saturated rings. The number of para-hydroxylation sites is 1. The van der Waals surface area contributed by atoms with E-state index in [1.54, 1.807) is 43.5 Å². The Morgan fingerprint density at radius 3 is 2.67 bits per heavy atom. The van der Waals surface area contributed by atoms with Crippen LogP contribution in [-0.4, -0.2) is 18.1 Å². The summed E-state index contributed by atoms with van der Waals surface area (Å²) >= 11 is 0. The number of hydrogen-bond donors (Lipinski definition) is 2. The average molecular weight is 363 g/mol. The number of nitrogens with one attached hydrogen (secondary N) is 1. The second kappa shape index (κ2) is 7.01. The molecule has 0 aliphatic rings. The maximum atomic E-state index is 12.5. The van der Waals surface area contributed by atoms with Crippen LogP contribution in [0.1, 0.15) is 16.3 Å². The maximum absolute atomic E-state index is 12.5. The minimum absolute atomic E-state index is 0.173. The summed E-state index contributed by atoms with van der Waals surface area (Å²) in [5.74, 6) is 1.47. The lowest BCUT2D eigenvalue weighted by Gasteiger charge is -2.10. The van der Waals surface area contributed by atoms with Crippen molar-refractivity contribution in [3.63, 3.8) is 0 Å². The van der Waals surface area contributed by atoms with Gasteiger partial charge in [0.1, 0.15) is 29.5 Å². The summed E-state index contributed by atoms with van der Waals surface area (Å²) in [4.78, 5) is 12.5. The molecule has 2 heterocycles. The van der Waals surface area contributed by atoms with Crippen molar-refractivity contribution in [1.82, 2.24) is 0 Å². The van der Waals surface area contributed by atoms with Crippen molar-refractivity contribution >= 4 is 22.6 Å². The molecule has 1 amide bonds. The zero-order valence-electron chi connectivity index (χ0n) is 14.6. The van der Waals surface area contributed by atoms with Crippen LogP contribution in [0.2, 0.25) is 0 Å². The number of carbonyl (C=O) groups is 1. The lowest BCUT2D eigenvalue weighted by molar-refractivity contribution is 0.0998. The van der Waals surface area contributed by atoms with E-state index >= 15 is 0 Å². The minimum Gasteiger partial charge on any atom is -0.496 e. The Kier molecular flexibility index (Phi) is 4.40. The van der Waals surface area contributed by atoms with E-state index in [-0.39, 0.29) is 18.3 Å². The first-order chi connectivity index (χ1) is 13.2. The van der Waals surface area contributed by atoms with Crippen LogP contribution in [0.3, 0.4) is 0 Å². The van der Waals surface area contributed by atoms with E-state index in [2.05, 4.69) is 5.32 Å². The van der Waals surface area contributed by atoms with Crippen molar-refractivity contribution in [3.05, 3.63) is 72.2 Å². The summed E-state index contributed by atoms with van der Waals surface area (Å²) < 4.78 is 16.6. The van der Waals surface area contributed by atoms with Gasteiger partial charge in [-0.3, -0.25) is 4.79 Å². The van der Waals surface area contributed by atoms with E-state index in [0.29, 0.717) is 28.5 Å². The number of anilines is 1. The molecule has 0 radical (unpaired) electrons. The molecule has 0 spiro atoms. The summed E-state index contributed by atoms with van der Waals surface area (Å²) in [5.41, 5.74) is 1.95. The summed E-state index contributed by atoms with van der Waals surface area (Å²) in [5, 5.41) is 12.8. The Morgan fingerprint density at radius 1 is 1.07 bits per heavy atom. The fourth-order valence-corrected chi connectivity index (χ4v) is 2.87. The van der Waals surface area contributed by atoms with Crippen LogP contribution in [0.15, 0.2) is 69.5 Å². The number of ether oxygens (including phenoxy) is 1. The van der Waals surface area contributed by atoms with Crippen LogP contribution >= 0.6 is 0 Å². The second-order valence-electron chi connectivity index (χ2n) is 5.94. The van der Waals surface area contributed by atoms with E-state index in [9.17, 15) is 4.79 Å². The Bertz CT molecular complexity index is 1080. The molecule has 2 aromatic carbocycles. The van der Waals surface area contributed by atoms with Gasteiger partial charge in [0.25, 0.3) is 5.91 Å². The molecule has 0 aliphatic heterocycles. The van der Waals surface area contributed by atoms with E-state index in [1.807, 2.05) is 24.3 Å². The minimum atomic E-state index is -0.346. The van der Waals surface area contributed by atoms with Crippen LogP contribution in [-0.2, 0) is 6.61 Å². The van der Waals surface area contributed by atoms with E-state index in [0.717, 1.165) is 10.9 Å². The first kappa shape index (κ1) is 16.9. The van der Waals surface area contributed by atoms with Gasteiger partial charge in [0, 0.05) is 17.1 Å². The fraction of sp³-hybridized carbons (Fsp3) is 0.0952. The number of aliphatic hydroxyl groups is 1. The highest BCUT2D eigenvalue weighted by Crippen LogP contribution is 2.34. The number of hydrogen-bond acceptors (Lipinski definition) is 5. The van der Waals surface area contributed by atoms with Crippen LogP contribution < -0.4 is 10.1 Å².